The molecule has 0 spiro atoms. The van der Waals surface area contributed by atoms with Crippen molar-refractivity contribution in [3.63, 3.8) is 0 Å². The summed E-state index contributed by atoms with van der Waals surface area (Å²) in [6, 6.07) is 10.3. The van der Waals surface area contributed by atoms with Gasteiger partial charge in [-0.25, -0.2) is 36.4 Å². The first kappa shape index (κ1) is 27.8. The summed E-state index contributed by atoms with van der Waals surface area (Å²) in [4.78, 5) is 23.0. The van der Waals surface area contributed by atoms with Gasteiger partial charge in [-0.2, -0.15) is 0 Å². The summed E-state index contributed by atoms with van der Waals surface area (Å²) < 4.78 is 71.5. The Hall–Kier alpha value is -3.71. The van der Waals surface area contributed by atoms with E-state index >= 15 is 0 Å². The zero-order chi connectivity index (χ0) is 28.5. The maximum atomic E-state index is 14.0. The van der Waals surface area contributed by atoms with E-state index in [1.165, 1.54) is 0 Å². The minimum atomic E-state index is -4.13. The fourth-order valence-electron chi connectivity index (χ4n) is 4.70. The summed E-state index contributed by atoms with van der Waals surface area (Å²) in [5.41, 5.74) is 1.29. The number of carbonyl (C=O) groups excluding carboxylic acids is 1. The molecule has 13 heteroatoms. The van der Waals surface area contributed by atoms with Crippen LogP contribution >= 0.6 is 0 Å². The number of halogens is 3. The van der Waals surface area contributed by atoms with E-state index < -0.39 is 38.9 Å². The molecule has 1 atom stereocenters. The first-order valence-electron chi connectivity index (χ1n) is 12.8. The van der Waals surface area contributed by atoms with Crippen LogP contribution in [0.15, 0.2) is 53.4 Å². The number of sulfone groups is 1. The van der Waals surface area contributed by atoms with Gasteiger partial charge in [-0.3, -0.25) is 0 Å². The summed E-state index contributed by atoms with van der Waals surface area (Å²) in [5.74, 6) is -1.58. The molecule has 1 aromatic heterocycles. The molecule has 5 rings (SSSR count). The van der Waals surface area contributed by atoms with Crippen LogP contribution in [0.25, 0.3) is 11.4 Å². The van der Waals surface area contributed by atoms with E-state index in [2.05, 4.69) is 15.6 Å². The number of ether oxygens (including phenoxy) is 1. The number of alkyl halides is 1. The number of nitrogens with one attached hydrogen (secondary N) is 2. The Morgan fingerprint density at radius 2 is 1.85 bits per heavy atom. The molecule has 2 aromatic carbocycles. The fourth-order valence-corrected chi connectivity index (χ4v) is 6.67. The van der Waals surface area contributed by atoms with E-state index in [0.29, 0.717) is 42.9 Å². The van der Waals surface area contributed by atoms with Gasteiger partial charge in [-0.15, -0.1) is 0 Å². The van der Waals surface area contributed by atoms with Crippen molar-refractivity contribution in [2.45, 2.75) is 35.4 Å². The highest BCUT2D eigenvalue weighted by Gasteiger charge is 2.58. The molecule has 2 aliphatic rings. The molecule has 1 saturated heterocycles. The van der Waals surface area contributed by atoms with E-state index in [1.54, 1.807) is 30.3 Å². The van der Waals surface area contributed by atoms with Crippen LogP contribution in [0.5, 0.6) is 0 Å². The van der Waals surface area contributed by atoms with Crippen molar-refractivity contribution in [3.8, 4) is 11.4 Å². The average molecular weight is 576 g/mol. The van der Waals surface area contributed by atoms with Crippen LogP contribution in [0.4, 0.5) is 29.5 Å². The van der Waals surface area contributed by atoms with Crippen LogP contribution in [0, 0.1) is 11.6 Å². The van der Waals surface area contributed by atoms with Crippen molar-refractivity contribution in [2.24, 2.45) is 0 Å². The molecule has 2 fully saturated rings. The topological polar surface area (TPSA) is 114 Å². The standard InChI is InChI=1S/C27H28F3N5O4S/c1-17-16-39-13-12-35(17)24-15-23(27(8-9-27)40(37,38)20-6-7-21(29)22(30)14-20)33-25(34-24)18-2-4-19(5-3-18)32-26(36)31-11-10-28/h2-7,14-15,17H,8-13,16H2,1H3,(H2,31,32,36)/t17-/m0/s1. The predicted molar refractivity (Wildman–Crippen MR) is 143 cm³/mol. The molecule has 3 aromatic rings. The number of aromatic nitrogens is 2. The van der Waals surface area contributed by atoms with Crippen molar-refractivity contribution in [3.05, 3.63) is 65.9 Å². The van der Waals surface area contributed by atoms with Gasteiger partial charge in [0, 0.05) is 30.4 Å². The Morgan fingerprint density at radius 1 is 1.10 bits per heavy atom. The molecular formula is C27H28F3N5O4S. The van der Waals surface area contributed by atoms with Gasteiger partial charge in [0.15, 0.2) is 27.3 Å². The Bertz CT molecular complexity index is 1520. The summed E-state index contributed by atoms with van der Waals surface area (Å²) in [5, 5.41) is 4.97. The third kappa shape index (κ3) is 5.35. The monoisotopic (exact) mass is 575 g/mol. The van der Waals surface area contributed by atoms with Crippen molar-refractivity contribution in [2.75, 3.05) is 43.2 Å². The Balaban J connectivity index is 1.54. The van der Waals surface area contributed by atoms with E-state index in [0.717, 1.165) is 12.1 Å². The lowest BCUT2D eigenvalue weighted by molar-refractivity contribution is 0.0985. The molecule has 0 unspecified atom stereocenters. The van der Waals surface area contributed by atoms with Gasteiger partial charge in [0.25, 0.3) is 0 Å². The van der Waals surface area contributed by atoms with Crippen molar-refractivity contribution < 1.29 is 31.1 Å². The Labute approximate surface area is 229 Å². The predicted octanol–water partition coefficient (Wildman–Crippen LogP) is 4.20. The summed E-state index contributed by atoms with van der Waals surface area (Å²) in [7, 11) is -4.13. The molecular weight excluding hydrogens is 547 g/mol. The molecule has 1 aliphatic heterocycles. The van der Waals surface area contributed by atoms with Crippen LogP contribution in [0.2, 0.25) is 0 Å². The van der Waals surface area contributed by atoms with Crippen LogP contribution in [-0.4, -0.2) is 63.4 Å². The molecule has 1 aliphatic carbocycles. The second-order valence-corrected chi connectivity index (χ2v) is 12.0. The second kappa shape index (κ2) is 11.0. The van der Waals surface area contributed by atoms with Crippen LogP contribution < -0.4 is 15.5 Å². The average Bonchev–Trinajstić information content (AvgIpc) is 3.77. The number of carbonyl (C=O) groups is 1. The highest BCUT2D eigenvalue weighted by molar-refractivity contribution is 7.92. The minimum absolute atomic E-state index is 0.0308. The number of nitrogens with zero attached hydrogens (tertiary/aromatic N) is 3. The van der Waals surface area contributed by atoms with Crippen LogP contribution in [-0.2, 0) is 19.3 Å². The number of hydrogen-bond donors (Lipinski definition) is 2. The number of anilines is 2. The first-order valence-corrected chi connectivity index (χ1v) is 14.3. The van der Waals surface area contributed by atoms with Crippen molar-refractivity contribution in [1.29, 1.82) is 0 Å². The number of morpholine rings is 1. The van der Waals surface area contributed by atoms with Gasteiger partial charge < -0.3 is 20.3 Å². The molecule has 2 N–H and O–H groups in total. The minimum Gasteiger partial charge on any atom is -0.377 e. The smallest absolute Gasteiger partial charge is 0.319 e. The van der Waals surface area contributed by atoms with Crippen molar-refractivity contribution >= 4 is 27.4 Å². The summed E-state index contributed by atoms with van der Waals surface area (Å²) in [6.07, 6.45) is 0.527. The molecule has 0 bridgehead atoms. The molecule has 40 heavy (non-hydrogen) atoms. The van der Waals surface area contributed by atoms with Gasteiger partial charge in [0.05, 0.1) is 29.8 Å². The lowest BCUT2D eigenvalue weighted by Crippen LogP contribution is -2.44. The highest BCUT2D eigenvalue weighted by atomic mass is 32.2. The maximum Gasteiger partial charge on any atom is 0.319 e. The Morgan fingerprint density at radius 3 is 2.50 bits per heavy atom. The van der Waals surface area contributed by atoms with Gasteiger partial charge in [-0.05, 0) is 62.2 Å². The number of amides is 2. The molecule has 0 radical (unpaired) electrons. The molecule has 9 nitrogen and oxygen atoms in total. The van der Waals surface area contributed by atoms with E-state index in [-0.39, 0.29) is 41.8 Å². The van der Waals surface area contributed by atoms with Gasteiger partial charge >= 0.3 is 6.03 Å². The Kier molecular flexibility index (Phi) is 7.69. The molecule has 1 saturated carbocycles. The SMILES string of the molecule is C[C@H]1COCCN1c1cc(C2(S(=O)(=O)c3ccc(F)c(F)c3)CC2)nc(-c2ccc(NC(=O)NCCF)cc2)n1. The normalized spacial score (nSPS) is 18.3. The zero-order valence-electron chi connectivity index (χ0n) is 21.7. The van der Waals surface area contributed by atoms with Gasteiger partial charge in [0.1, 0.15) is 17.2 Å². The number of hydrogen-bond acceptors (Lipinski definition) is 7. The lowest BCUT2D eigenvalue weighted by Gasteiger charge is -2.34. The molecule has 2 amide bonds. The summed E-state index contributed by atoms with van der Waals surface area (Å²) in [6.45, 7) is 2.66. The highest BCUT2D eigenvalue weighted by Crippen LogP contribution is 2.55. The molecule has 212 valence electrons. The van der Waals surface area contributed by atoms with Gasteiger partial charge in [-0.1, -0.05) is 0 Å². The number of urea groups is 1. The largest absolute Gasteiger partial charge is 0.377 e. The van der Waals surface area contributed by atoms with Crippen molar-refractivity contribution in [1.82, 2.24) is 15.3 Å². The number of rotatable bonds is 8. The first-order chi connectivity index (χ1) is 19.1. The lowest BCUT2D eigenvalue weighted by atomic mass is 10.1. The number of benzene rings is 2. The van der Waals surface area contributed by atoms with Gasteiger partial charge in [0.2, 0.25) is 0 Å². The fraction of sp³-hybridized carbons (Fsp3) is 0.370. The maximum absolute atomic E-state index is 14.0. The summed E-state index contributed by atoms with van der Waals surface area (Å²) >= 11 is 0. The van der Waals surface area contributed by atoms with Crippen LogP contribution in [0.1, 0.15) is 25.5 Å². The quantitative estimate of drug-likeness (QED) is 0.387. The van der Waals surface area contributed by atoms with E-state index in [1.807, 2.05) is 11.8 Å². The van der Waals surface area contributed by atoms with E-state index in [4.69, 9.17) is 9.72 Å². The molecule has 2 heterocycles. The second-order valence-electron chi connectivity index (χ2n) is 9.77. The van der Waals surface area contributed by atoms with Crippen LogP contribution in [0.3, 0.4) is 0 Å². The van der Waals surface area contributed by atoms with E-state index in [9.17, 15) is 26.4 Å². The third-order valence-electron chi connectivity index (χ3n) is 7.04. The third-order valence-corrected chi connectivity index (χ3v) is 9.56. The zero-order valence-corrected chi connectivity index (χ0v) is 22.5.